The fourth-order valence-corrected chi connectivity index (χ4v) is 2.65. The summed E-state index contributed by atoms with van der Waals surface area (Å²) < 4.78 is 0. The monoisotopic (exact) mass is 245 g/mol. The largest absolute Gasteiger partial charge is 0.396 e. The number of aliphatic hydroxyl groups excluding tert-OH is 1. The normalized spacial score (nSPS) is 23.7. The predicted molar refractivity (Wildman–Crippen MR) is 70.2 cm³/mol. The van der Waals surface area contributed by atoms with Gasteiger partial charge in [-0.15, -0.1) is 0 Å². The van der Waals surface area contributed by atoms with Crippen LogP contribution in [0.25, 0.3) is 0 Å². The fraction of sp³-hybridized carbons (Fsp3) is 0.571. The Labute approximate surface area is 108 Å². The molecular weight excluding hydrogens is 226 g/mol. The van der Waals surface area contributed by atoms with Gasteiger partial charge in [0.15, 0.2) is 0 Å². The van der Waals surface area contributed by atoms with Gasteiger partial charge in [-0.05, 0) is 31.4 Å². The van der Waals surface area contributed by atoms with Gasteiger partial charge in [-0.25, -0.2) is 4.98 Å². The summed E-state index contributed by atoms with van der Waals surface area (Å²) >= 11 is 0. The van der Waals surface area contributed by atoms with Crippen LogP contribution in [-0.4, -0.2) is 29.8 Å². The third-order valence-corrected chi connectivity index (χ3v) is 3.95. The second-order valence-corrected chi connectivity index (χ2v) is 5.02. The van der Waals surface area contributed by atoms with Gasteiger partial charge in [0.25, 0.3) is 0 Å². The van der Waals surface area contributed by atoms with E-state index in [1.54, 1.807) is 18.3 Å². The van der Waals surface area contributed by atoms with Crippen LogP contribution >= 0.6 is 0 Å². The van der Waals surface area contributed by atoms with Gasteiger partial charge in [0, 0.05) is 24.7 Å². The van der Waals surface area contributed by atoms with Crippen molar-refractivity contribution in [2.24, 2.45) is 5.41 Å². The van der Waals surface area contributed by atoms with Crippen molar-refractivity contribution < 1.29 is 5.11 Å². The number of piperidine rings is 1. The molecular formula is C14H19N3O. The maximum Gasteiger partial charge on any atom is 0.146 e. The zero-order valence-corrected chi connectivity index (χ0v) is 10.8. The number of aromatic nitrogens is 1. The molecule has 0 unspecified atom stereocenters. The van der Waals surface area contributed by atoms with Crippen LogP contribution in [0.3, 0.4) is 0 Å². The van der Waals surface area contributed by atoms with Crippen molar-refractivity contribution in [3.05, 3.63) is 23.9 Å². The number of aliphatic hydroxyl groups is 1. The lowest BCUT2D eigenvalue weighted by Gasteiger charge is -2.42. The molecule has 1 atom stereocenters. The maximum atomic E-state index is 9.62. The van der Waals surface area contributed by atoms with Crippen LogP contribution in [0.15, 0.2) is 18.3 Å². The number of pyridine rings is 1. The zero-order valence-electron chi connectivity index (χ0n) is 10.8. The van der Waals surface area contributed by atoms with Gasteiger partial charge in [0.2, 0.25) is 0 Å². The quantitative estimate of drug-likeness (QED) is 0.884. The molecule has 1 aromatic rings. The highest BCUT2D eigenvalue weighted by Crippen LogP contribution is 2.35. The number of nitriles is 1. The Kier molecular flexibility index (Phi) is 3.83. The van der Waals surface area contributed by atoms with E-state index in [1.165, 1.54) is 0 Å². The lowest BCUT2D eigenvalue weighted by atomic mass is 9.78. The van der Waals surface area contributed by atoms with E-state index in [1.807, 2.05) is 0 Å². The SMILES string of the molecule is CC[C@]1(CO)CCCN(c2ncccc2C#N)C1. The molecule has 0 bridgehead atoms. The van der Waals surface area contributed by atoms with E-state index >= 15 is 0 Å². The summed E-state index contributed by atoms with van der Waals surface area (Å²) in [4.78, 5) is 6.47. The van der Waals surface area contributed by atoms with Crippen molar-refractivity contribution in [1.29, 1.82) is 5.26 Å². The number of anilines is 1. The minimum Gasteiger partial charge on any atom is -0.396 e. The summed E-state index contributed by atoms with van der Waals surface area (Å²) in [7, 11) is 0. The van der Waals surface area contributed by atoms with Crippen LogP contribution in [-0.2, 0) is 0 Å². The first-order chi connectivity index (χ1) is 8.74. The molecule has 2 heterocycles. The van der Waals surface area contributed by atoms with Gasteiger partial charge in [-0.2, -0.15) is 5.26 Å². The first-order valence-corrected chi connectivity index (χ1v) is 6.45. The van der Waals surface area contributed by atoms with E-state index in [2.05, 4.69) is 22.9 Å². The lowest BCUT2D eigenvalue weighted by Crippen LogP contribution is -2.45. The van der Waals surface area contributed by atoms with Crippen LogP contribution in [0.5, 0.6) is 0 Å². The van der Waals surface area contributed by atoms with Gasteiger partial charge in [0.1, 0.15) is 11.9 Å². The average Bonchev–Trinajstić information content (AvgIpc) is 2.47. The minimum atomic E-state index is -0.0392. The molecule has 2 rings (SSSR count). The van der Waals surface area contributed by atoms with Crippen molar-refractivity contribution in [3.8, 4) is 6.07 Å². The summed E-state index contributed by atoms with van der Waals surface area (Å²) in [5.74, 6) is 0.756. The van der Waals surface area contributed by atoms with E-state index in [9.17, 15) is 5.11 Å². The second-order valence-electron chi connectivity index (χ2n) is 5.02. The number of hydrogen-bond acceptors (Lipinski definition) is 4. The third kappa shape index (κ3) is 2.32. The second kappa shape index (κ2) is 5.36. The molecule has 4 nitrogen and oxygen atoms in total. The number of nitrogens with zero attached hydrogens (tertiary/aromatic N) is 3. The molecule has 1 aliphatic rings. The Morgan fingerprint density at radius 1 is 1.61 bits per heavy atom. The number of rotatable bonds is 3. The molecule has 0 aromatic carbocycles. The molecule has 1 saturated heterocycles. The van der Waals surface area contributed by atoms with Crippen molar-refractivity contribution in [2.75, 3.05) is 24.6 Å². The Balaban J connectivity index is 2.26. The van der Waals surface area contributed by atoms with E-state index < -0.39 is 0 Å². The van der Waals surface area contributed by atoms with Gasteiger partial charge in [-0.1, -0.05) is 6.92 Å². The van der Waals surface area contributed by atoms with E-state index in [0.717, 1.165) is 38.2 Å². The van der Waals surface area contributed by atoms with Crippen molar-refractivity contribution >= 4 is 5.82 Å². The molecule has 0 amide bonds. The summed E-state index contributed by atoms with van der Waals surface area (Å²) in [6, 6.07) is 5.77. The summed E-state index contributed by atoms with van der Waals surface area (Å²) in [5, 5.41) is 18.7. The predicted octanol–water partition coefficient (Wildman–Crippen LogP) is 1.94. The Bertz CT molecular complexity index is 449. The summed E-state index contributed by atoms with van der Waals surface area (Å²) in [6.07, 6.45) is 4.76. The highest BCUT2D eigenvalue weighted by molar-refractivity contribution is 5.53. The third-order valence-electron chi connectivity index (χ3n) is 3.95. The van der Waals surface area contributed by atoms with E-state index in [4.69, 9.17) is 5.26 Å². The molecule has 1 aliphatic heterocycles. The number of hydrogen-bond donors (Lipinski definition) is 1. The fourth-order valence-electron chi connectivity index (χ4n) is 2.65. The zero-order chi connectivity index (χ0) is 13.0. The van der Waals surface area contributed by atoms with Crippen LogP contribution in [0, 0.1) is 16.7 Å². The molecule has 1 fully saturated rings. The smallest absolute Gasteiger partial charge is 0.146 e. The van der Waals surface area contributed by atoms with Gasteiger partial charge in [0.05, 0.1) is 12.2 Å². The highest BCUT2D eigenvalue weighted by Gasteiger charge is 2.34. The Hall–Kier alpha value is -1.60. The Morgan fingerprint density at radius 3 is 3.11 bits per heavy atom. The van der Waals surface area contributed by atoms with Gasteiger partial charge < -0.3 is 10.0 Å². The van der Waals surface area contributed by atoms with Crippen molar-refractivity contribution in [1.82, 2.24) is 4.98 Å². The summed E-state index contributed by atoms with van der Waals surface area (Å²) in [6.45, 7) is 4.01. The van der Waals surface area contributed by atoms with Crippen LogP contribution < -0.4 is 4.90 Å². The maximum absolute atomic E-state index is 9.62. The van der Waals surface area contributed by atoms with Crippen molar-refractivity contribution in [3.63, 3.8) is 0 Å². The first kappa shape index (κ1) is 12.8. The van der Waals surface area contributed by atoms with E-state index in [0.29, 0.717) is 5.56 Å². The summed E-state index contributed by atoms with van der Waals surface area (Å²) in [5.41, 5.74) is 0.574. The van der Waals surface area contributed by atoms with Gasteiger partial charge >= 0.3 is 0 Å². The van der Waals surface area contributed by atoms with Crippen LogP contribution in [0.2, 0.25) is 0 Å². The molecule has 96 valence electrons. The van der Waals surface area contributed by atoms with Crippen LogP contribution in [0.1, 0.15) is 31.7 Å². The van der Waals surface area contributed by atoms with Crippen LogP contribution in [0.4, 0.5) is 5.82 Å². The Morgan fingerprint density at radius 2 is 2.44 bits per heavy atom. The molecule has 1 N–H and O–H groups in total. The minimum absolute atomic E-state index is 0.0392. The average molecular weight is 245 g/mol. The molecule has 4 heteroatoms. The topological polar surface area (TPSA) is 60.1 Å². The van der Waals surface area contributed by atoms with E-state index in [-0.39, 0.29) is 12.0 Å². The molecule has 0 radical (unpaired) electrons. The first-order valence-electron chi connectivity index (χ1n) is 6.45. The van der Waals surface area contributed by atoms with Gasteiger partial charge in [-0.3, -0.25) is 0 Å². The molecule has 0 spiro atoms. The lowest BCUT2D eigenvalue weighted by molar-refractivity contribution is 0.101. The molecule has 0 aliphatic carbocycles. The standard InChI is InChI=1S/C14H19N3O/c1-2-14(11-18)6-4-8-17(10-14)13-12(9-15)5-3-7-16-13/h3,5,7,18H,2,4,6,8,10-11H2,1H3/t14-/m0/s1. The molecule has 18 heavy (non-hydrogen) atoms. The van der Waals surface area contributed by atoms with Crippen molar-refractivity contribution in [2.45, 2.75) is 26.2 Å². The molecule has 1 aromatic heterocycles. The highest BCUT2D eigenvalue weighted by atomic mass is 16.3. The molecule has 0 saturated carbocycles.